The summed E-state index contributed by atoms with van der Waals surface area (Å²) in [6.45, 7) is 8.96. The van der Waals surface area contributed by atoms with Crippen LogP contribution >= 0.6 is 15.9 Å². The highest BCUT2D eigenvalue weighted by Crippen LogP contribution is 2.19. The maximum atomic E-state index is 12.2. The molecule has 1 aliphatic heterocycles. The van der Waals surface area contributed by atoms with Crippen LogP contribution in [0.15, 0.2) is 22.9 Å². The van der Waals surface area contributed by atoms with Gasteiger partial charge >= 0.3 is 6.09 Å². The largest absolute Gasteiger partial charge is 0.444 e. The number of aromatic nitrogens is 1. The zero-order valence-electron chi connectivity index (χ0n) is 14.1. The molecule has 1 saturated heterocycles. The summed E-state index contributed by atoms with van der Waals surface area (Å²) in [4.78, 5) is 18.2. The number of halogens is 1. The van der Waals surface area contributed by atoms with Crippen LogP contribution < -0.4 is 5.32 Å². The molecule has 6 heteroatoms. The van der Waals surface area contributed by atoms with Crippen LogP contribution in [0.4, 0.5) is 4.79 Å². The lowest BCUT2D eigenvalue weighted by molar-refractivity contribution is 0.0166. The van der Waals surface area contributed by atoms with Crippen molar-refractivity contribution in [3.63, 3.8) is 0 Å². The fourth-order valence-corrected chi connectivity index (χ4v) is 2.89. The number of carbonyl (C=O) groups is 1. The van der Waals surface area contributed by atoms with E-state index in [0.29, 0.717) is 5.92 Å². The number of hydrogen-bond acceptors (Lipinski definition) is 4. The number of piperidine rings is 1. The van der Waals surface area contributed by atoms with E-state index in [1.165, 1.54) is 0 Å². The number of carbonyl (C=O) groups excluding carboxylic acids is 1. The molecule has 2 rings (SSSR count). The molecule has 1 aliphatic rings. The van der Waals surface area contributed by atoms with Crippen molar-refractivity contribution in [1.82, 2.24) is 15.2 Å². The first-order chi connectivity index (χ1) is 10.8. The topological polar surface area (TPSA) is 54.5 Å². The van der Waals surface area contributed by atoms with Crippen LogP contribution in [0.3, 0.4) is 0 Å². The molecular weight excluding hydrogens is 358 g/mol. The molecule has 23 heavy (non-hydrogen) atoms. The molecule has 1 amide bonds. The second kappa shape index (κ2) is 8.11. The van der Waals surface area contributed by atoms with E-state index in [2.05, 4.69) is 32.3 Å². The van der Waals surface area contributed by atoms with E-state index in [0.717, 1.165) is 49.2 Å². The molecular formula is C17H26BrN3O2. The molecule has 0 spiro atoms. The number of ether oxygens (including phenoxy) is 1. The van der Waals surface area contributed by atoms with Gasteiger partial charge in [-0.2, -0.15) is 0 Å². The molecule has 0 aliphatic carbocycles. The molecule has 1 aromatic heterocycles. The monoisotopic (exact) mass is 383 g/mol. The third-order valence-corrected chi connectivity index (χ3v) is 4.19. The average Bonchev–Trinajstić information content (AvgIpc) is 2.48. The minimum Gasteiger partial charge on any atom is -0.444 e. The fourth-order valence-electron chi connectivity index (χ4n) is 2.66. The molecule has 0 aromatic carbocycles. The first-order valence-corrected chi connectivity index (χ1v) is 8.92. The van der Waals surface area contributed by atoms with Gasteiger partial charge in [-0.25, -0.2) is 9.78 Å². The van der Waals surface area contributed by atoms with Gasteiger partial charge in [0.2, 0.25) is 0 Å². The fraction of sp³-hybridized carbons (Fsp3) is 0.647. The lowest BCUT2D eigenvalue weighted by atomic mass is 9.98. The zero-order chi connectivity index (χ0) is 16.9. The normalized spacial score (nSPS) is 18.8. The highest BCUT2D eigenvalue weighted by atomic mass is 79.9. The molecule has 128 valence electrons. The Kier molecular flexibility index (Phi) is 6.41. The number of pyridine rings is 1. The maximum absolute atomic E-state index is 12.2. The molecule has 1 fully saturated rings. The predicted molar refractivity (Wildman–Crippen MR) is 94.2 cm³/mol. The van der Waals surface area contributed by atoms with E-state index < -0.39 is 5.60 Å². The van der Waals surface area contributed by atoms with E-state index in [-0.39, 0.29) is 6.09 Å². The Morgan fingerprint density at radius 1 is 1.48 bits per heavy atom. The van der Waals surface area contributed by atoms with Crippen molar-refractivity contribution in [2.45, 2.75) is 45.8 Å². The quantitative estimate of drug-likeness (QED) is 0.807. The zero-order valence-corrected chi connectivity index (χ0v) is 15.7. The maximum Gasteiger partial charge on any atom is 0.410 e. The summed E-state index contributed by atoms with van der Waals surface area (Å²) in [6.07, 6.45) is 3.85. The number of nitrogens with one attached hydrogen (secondary N) is 1. The Balaban J connectivity index is 1.75. The summed E-state index contributed by atoms with van der Waals surface area (Å²) in [6, 6.07) is 4.00. The second-order valence-corrected chi connectivity index (χ2v) is 7.87. The predicted octanol–water partition coefficient (Wildman–Crippen LogP) is 3.58. The van der Waals surface area contributed by atoms with Gasteiger partial charge in [-0.1, -0.05) is 6.07 Å². The number of rotatable bonds is 4. The first kappa shape index (κ1) is 18.2. The van der Waals surface area contributed by atoms with Gasteiger partial charge in [0.25, 0.3) is 0 Å². The van der Waals surface area contributed by atoms with E-state index >= 15 is 0 Å². The van der Waals surface area contributed by atoms with Gasteiger partial charge in [0.15, 0.2) is 0 Å². The summed E-state index contributed by atoms with van der Waals surface area (Å²) < 4.78 is 6.31. The van der Waals surface area contributed by atoms with Crippen LogP contribution in [0.5, 0.6) is 0 Å². The summed E-state index contributed by atoms with van der Waals surface area (Å²) in [5, 5.41) is 3.46. The van der Waals surface area contributed by atoms with E-state index in [1.54, 1.807) is 0 Å². The van der Waals surface area contributed by atoms with E-state index in [9.17, 15) is 4.79 Å². The molecule has 1 atom stereocenters. The smallest absolute Gasteiger partial charge is 0.410 e. The molecule has 1 N–H and O–H groups in total. The van der Waals surface area contributed by atoms with Crippen LogP contribution in [0.1, 0.15) is 39.2 Å². The standard InChI is InChI=1S/C17H26BrN3O2/c1-17(2,3)23-16(22)21-8-4-5-14(12-21)10-19-9-13-6-7-15(18)20-11-13/h6-7,11,14,19H,4-5,8-10,12H2,1-3H3/t14-/m1/s1. The Hall–Kier alpha value is -1.14. The minimum atomic E-state index is -0.434. The highest BCUT2D eigenvalue weighted by molar-refractivity contribution is 9.10. The van der Waals surface area contributed by atoms with E-state index in [4.69, 9.17) is 4.74 Å². The number of likely N-dealkylation sites (tertiary alicyclic amines) is 1. The van der Waals surface area contributed by atoms with Gasteiger partial charge in [0.05, 0.1) is 0 Å². The van der Waals surface area contributed by atoms with Gasteiger partial charge in [0, 0.05) is 25.8 Å². The van der Waals surface area contributed by atoms with E-state index in [1.807, 2.05) is 37.9 Å². The molecule has 0 bridgehead atoms. The van der Waals surface area contributed by atoms with Crippen LogP contribution in [-0.2, 0) is 11.3 Å². The van der Waals surface area contributed by atoms with Crippen molar-refractivity contribution < 1.29 is 9.53 Å². The van der Waals surface area contributed by atoms with Gasteiger partial charge in [-0.3, -0.25) is 0 Å². The SMILES string of the molecule is CC(C)(C)OC(=O)N1CCC[C@H](CNCc2ccc(Br)nc2)C1. The lowest BCUT2D eigenvalue weighted by Crippen LogP contribution is -2.45. The van der Waals surface area contributed by atoms with Gasteiger partial charge in [-0.05, 0) is 73.6 Å². The van der Waals surface area contributed by atoms with Gasteiger partial charge < -0.3 is 15.0 Å². The number of hydrogen-bond donors (Lipinski definition) is 1. The van der Waals surface area contributed by atoms with Crippen molar-refractivity contribution in [3.05, 3.63) is 28.5 Å². The van der Waals surface area contributed by atoms with Gasteiger partial charge in [0.1, 0.15) is 10.2 Å². The molecule has 5 nitrogen and oxygen atoms in total. The summed E-state index contributed by atoms with van der Waals surface area (Å²) in [5.41, 5.74) is 0.727. The van der Waals surface area contributed by atoms with Crippen molar-refractivity contribution in [2.24, 2.45) is 5.92 Å². The van der Waals surface area contributed by atoms with Crippen LogP contribution in [0, 0.1) is 5.92 Å². The highest BCUT2D eigenvalue weighted by Gasteiger charge is 2.27. The Morgan fingerprint density at radius 3 is 2.91 bits per heavy atom. The van der Waals surface area contributed by atoms with Crippen LogP contribution in [-0.4, -0.2) is 41.2 Å². The average molecular weight is 384 g/mol. The van der Waals surface area contributed by atoms with Crippen molar-refractivity contribution in [2.75, 3.05) is 19.6 Å². The number of nitrogens with zero attached hydrogens (tertiary/aromatic N) is 2. The first-order valence-electron chi connectivity index (χ1n) is 8.12. The number of amides is 1. The molecule has 1 aromatic rings. The molecule has 0 unspecified atom stereocenters. The Labute approximate surface area is 146 Å². The van der Waals surface area contributed by atoms with Crippen LogP contribution in [0.2, 0.25) is 0 Å². The van der Waals surface area contributed by atoms with Crippen molar-refractivity contribution >= 4 is 22.0 Å². The summed E-state index contributed by atoms with van der Waals surface area (Å²) >= 11 is 3.34. The second-order valence-electron chi connectivity index (χ2n) is 7.05. The van der Waals surface area contributed by atoms with Gasteiger partial charge in [-0.15, -0.1) is 0 Å². The summed E-state index contributed by atoms with van der Waals surface area (Å²) in [5.74, 6) is 0.472. The summed E-state index contributed by atoms with van der Waals surface area (Å²) in [7, 11) is 0. The Bertz CT molecular complexity index is 514. The molecule has 0 radical (unpaired) electrons. The van der Waals surface area contributed by atoms with Crippen molar-refractivity contribution in [1.29, 1.82) is 0 Å². The molecule has 2 heterocycles. The molecule has 0 saturated carbocycles. The van der Waals surface area contributed by atoms with Crippen LogP contribution in [0.25, 0.3) is 0 Å². The minimum absolute atomic E-state index is 0.195. The third-order valence-electron chi connectivity index (χ3n) is 3.72. The lowest BCUT2D eigenvalue weighted by Gasteiger charge is -2.34. The van der Waals surface area contributed by atoms with Crippen molar-refractivity contribution in [3.8, 4) is 0 Å². The third kappa shape index (κ3) is 6.47. The Morgan fingerprint density at radius 2 is 2.26 bits per heavy atom.